The fraction of sp³-hybridized carbons (Fsp3) is 0.875. The van der Waals surface area contributed by atoms with E-state index < -0.39 is 5.97 Å². The average Bonchev–Trinajstić information content (AvgIpc) is 2.02. The summed E-state index contributed by atoms with van der Waals surface area (Å²) in [5, 5.41) is 8.46. The molecule has 1 atom stereocenters. The Balaban J connectivity index is 3.46. The summed E-state index contributed by atoms with van der Waals surface area (Å²) in [5.41, 5.74) is 0. The molecular weight excluding hydrogens is 160 g/mol. The van der Waals surface area contributed by atoms with Gasteiger partial charge in [0.2, 0.25) is 0 Å². The lowest BCUT2D eigenvalue weighted by Crippen LogP contribution is -2.18. The molecule has 0 aliphatic heterocycles. The molecule has 0 amide bonds. The number of carboxylic acids is 1. The van der Waals surface area contributed by atoms with Crippen LogP contribution in [0.4, 0.5) is 0 Å². The van der Waals surface area contributed by atoms with Crippen molar-refractivity contribution in [3.8, 4) is 0 Å². The van der Waals surface area contributed by atoms with E-state index >= 15 is 0 Å². The van der Waals surface area contributed by atoms with Crippen molar-refractivity contribution < 1.29 is 19.4 Å². The van der Waals surface area contributed by atoms with Crippen LogP contribution in [0.2, 0.25) is 0 Å². The van der Waals surface area contributed by atoms with E-state index in [0.29, 0.717) is 13.2 Å². The van der Waals surface area contributed by atoms with Crippen LogP contribution in [0.5, 0.6) is 0 Å². The fourth-order valence-electron chi connectivity index (χ4n) is 0.814. The van der Waals surface area contributed by atoms with Crippen LogP contribution in [0.1, 0.15) is 19.8 Å². The van der Waals surface area contributed by atoms with E-state index in [1.165, 1.54) is 0 Å². The van der Waals surface area contributed by atoms with Gasteiger partial charge in [0.05, 0.1) is 25.7 Å². The molecule has 1 N–H and O–H groups in total. The third-order valence-corrected chi connectivity index (χ3v) is 1.50. The van der Waals surface area contributed by atoms with E-state index in [4.69, 9.17) is 14.6 Å². The number of carboxylic acid groups (broad SMARTS) is 1. The standard InChI is InChI=1S/C8H16O4/c1-3-7(6-8(9)10)12-5-4-11-2/h7H,3-6H2,1-2H3,(H,9,10). The van der Waals surface area contributed by atoms with Gasteiger partial charge in [0.1, 0.15) is 0 Å². The van der Waals surface area contributed by atoms with Gasteiger partial charge in [0.25, 0.3) is 0 Å². The second-order valence-electron chi connectivity index (χ2n) is 2.49. The zero-order valence-corrected chi connectivity index (χ0v) is 7.58. The minimum Gasteiger partial charge on any atom is -0.481 e. The molecule has 0 fully saturated rings. The van der Waals surface area contributed by atoms with Gasteiger partial charge in [-0.1, -0.05) is 6.92 Å². The molecule has 1 unspecified atom stereocenters. The molecule has 0 spiro atoms. The minimum absolute atomic E-state index is 0.0697. The summed E-state index contributed by atoms with van der Waals surface area (Å²) in [6.07, 6.45) is 0.605. The molecule has 0 aromatic heterocycles. The van der Waals surface area contributed by atoms with Crippen molar-refractivity contribution in [3.63, 3.8) is 0 Å². The zero-order chi connectivity index (χ0) is 9.40. The van der Waals surface area contributed by atoms with E-state index in [0.717, 1.165) is 6.42 Å². The predicted molar refractivity (Wildman–Crippen MR) is 44.2 cm³/mol. The number of aliphatic carboxylic acids is 1. The Bertz CT molecular complexity index is 124. The fourth-order valence-corrected chi connectivity index (χ4v) is 0.814. The maximum absolute atomic E-state index is 10.3. The zero-order valence-electron chi connectivity index (χ0n) is 7.58. The quantitative estimate of drug-likeness (QED) is 0.585. The molecule has 0 rings (SSSR count). The Hall–Kier alpha value is -0.610. The first-order chi connectivity index (χ1) is 5.70. The maximum atomic E-state index is 10.3. The molecule has 12 heavy (non-hydrogen) atoms. The van der Waals surface area contributed by atoms with Crippen LogP contribution in [0, 0.1) is 0 Å². The molecule has 0 aliphatic carbocycles. The number of hydrogen-bond donors (Lipinski definition) is 1. The van der Waals surface area contributed by atoms with Crippen LogP contribution in [0.3, 0.4) is 0 Å². The van der Waals surface area contributed by atoms with Crippen LogP contribution in [-0.4, -0.2) is 37.5 Å². The normalized spacial score (nSPS) is 12.8. The number of ether oxygens (including phenoxy) is 2. The summed E-state index contributed by atoms with van der Waals surface area (Å²) in [6, 6.07) is 0. The van der Waals surface area contributed by atoms with E-state index in [-0.39, 0.29) is 12.5 Å². The molecule has 0 aliphatic rings. The highest BCUT2D eigenvalue weighted by Gasteiger charge is 2.10. The van der Waals surface area contributed by atoms with E-state index in [1.807, 2.05) is 6.92 Å². The van der Waals surface area contributed by atoms with Gasteiger partial charge >= 0.3 is 5.97 Å². The Morgan fingerprint density at radius 1 is 1.50 bits per heavy atom. The predicted octanol–water partition coefficient (Wildman–Crippen LogP) is 0.903. The largest absolute Gasteiger partial charge is 0.481 e. The van der Waals surface area contributed by atoms with Crippen LogP contribution in [-0.2, 0) is 14.3 Å². The third kappa shape index (κ3) is 6.12. The summed E-state index contributed by atoms with van der Waals surface area (Å²) in [5.74, 6) is -0.820. The molecule has 4 heteroatoms. The Morgan fingerprint density at radius 2 is 2.17 bits per heavy atom. The highest BCUT2D eigenvalue weighted by atomic mass is 16.5. The lowest BCUT2D eigenvalue weighted by atomic mass is 10.2. The molecule has 72 valence electrons. The van der Waals surface area contributed by atoms with E-state index in [9.17, 15) is 4.79 Å². The first kappa shape index (κ1) is 11.4. The van der Waals surface area contributed by atoms with Crippen LogP contribution in [0.15, 0.2) is 0 Å². The summed E-state index contributed by atoms with van der Waals surface area (Å²) in [6.45, 7) is 2.87. The van der Waals surface area contributed by atoms with Crippen molar-refractivity contribution in [1.29, 1.82) is 0 Å². The van der Waals surface area contributed by atoms with Crippen molar-refractivity contribution in [1.82, 2.24) is 0 Å². The van der Waals surface area contributed by atoms with Crippen molar-refractivity contribution in [2.75, 3.05) is 20.3 Å². The number of carbonyl (C=O) groups is 1. The van der Waals surface area contributed by atoms with Crippen molar-refractivity contribution in [3.05, 3.63) is 0 Å². The summed E-state index contributed by atoms with van der Waals surface area (Å²) >= 11 is 0. The van der Waals surface area contributed by atoms with Crippen LogP contribution < -0.4 is 0 Å². The highest BCUT2D eigenvalue weighted by molar-refractivity contribution is 5.67. The van der Waals surface area contributed by atoms with Gasteiger partial charge < -0.3 is 14.6 Å². The Morgan fingerprint density at radius 3 is 2.58 bits per heavy atom. The van der Waals surface area contributed by atoms with Gasteiger partial charge in [-0.2, -0.15) is 0 Å². The molecule has 0 saturated heterocycles. The lowest BCUT2D eigenvalue weighted by Gasteiger charge is -2.12. The number of rotatable bonds is 7. The van der Waals surface area contributed by atoms with Crippen LogP contribution >= 0.6 is 0 Å². The number of methoxy groups -OCH3 is 1. The molecule has 0 radical (unpaired) electrons. The lowest BCUT2D eigenvalue weighted by molar-refractivity contribution is -0.140. The van der Waals surface area contributed by atoms with Gasteiger partial charge in [-0.15, -0.1) is 0 Å². The smallest absolute Gasteiger partial charge is 0.305 e. The average molecular weight is 176 g/mol. The third-order valence-electron chi connectivity index (χ3n) is 1.50. The molecule has 0 heterocycles. The first-order valence-electron chi connectivity index (χ1n) is 4.03. The van der Waals surface area contributed by atoms with Gasteiger partial charge in [-0.05, 0) is 6.42 Å². The summed E-state index contributed by atoms with van der Waals surface area (Å²) in [4.78, 5) is 10.3. The maximum Gasteiger partial charge on any atom is 0.305 e. The van der Waals surface area contributed by atoms with Crippen LogP contribution in [0.25, 0.3) is 0 Å². The molecule has 0 saturated carbocycles. The van der Waals surface area contributed by atoms with Gasteiger partial charge in [0.15, 0.2) is 0 Å². The van der Waals surface area contributed by atoms with E-state index in [1.54, 1.807) is 7.11 Å². The summed E-state index contributed by atoms with van der Waals surface area (Å²) < 4.78 is 10.0. The van der Waals surface area contributed by atoms with Crippen molar-refractivity contribution in [2.24, 2.45) is 0 Å². The SMILES string of the molecule is CCC(CC(=O)O)OCCOC. The second kappa shape index (κ2) is 7.06. The van der Waals surface area contributed by atoms with Crippen molar-refractivity contribution in [2.45, 2.75) is 25.9 Å². The van der Waals surface area contributed by atoms with Gasteiger partial charge in [0, 0.05) is 7.11 Å². The van der Waals surface area contributed by atoms with Gasteiger partial charge in [-0.3, -0.25) is 4.79 Å². The number of hydrogen-bond acceptors (Lipinski definition) is 3. The van der Waals surface area contributed by atoms with Gasteiger partial charge in [-0.25, -0.2) is 0 Å². The molecule has 0 aromatic rings. The minimum atomic E-state index is -0.820. The molecule has 4 nitrogen and oxygen atoms in total. The molecular formula is C8H16O4. The van der Waals surface area contributed by atoms with E-state index in [2.05, 4.69) is 0 Å². The first-order valence-corrected chi connectivity index (χ1v) is 4.03. The second-order valence-corrected chi connectivity index (χ2v) is 2.49. The van der Waals surface area contributed by atoms with Crippen molar-refractivity contribution >= 4 is 5.97 Å². The molecule has 0 bridgehead atoms. The molecule has 0 aromatic carbocycles. The Kier molecular flexibility index (Phi) is 6.70. The summed E-state index contributed by atoms with van der Waals surface area (Å²) in [7, 11) is 1.58. The Labute approximate surface area is 72.5 Å². The monoisotopic (exact) mass is 176 g/mol. The topological polar surface area (TPSA) is 55.8 Å². The highest BCUT2D eigenvalue weighted by Crippen LogP contribution is 2.02.